The highest BCUT2D eigenvalue weighted by atomic mass is 35.5. The number of ketones is 1. The molecule has 0 bridgehead atoms. The van der Waals surface area contributed by atoms with Crippen LogP contribution >= 0.6 is 11.6 Å². The summed E-state index contributed by atoms with van der Waals surface area (Å²) in [6, 6.07) is 3.57. The van der Waals surface area contributed by atoms with Crippen molar-refractivity contribution in [1.29, 1.82) is 0 Å². The van der Waals surface area contributed by atoms with Crippen molar-refractivity contribution in [1.82, 2.24) is 10.1 Å². The van der Waals surface area contributed by atoms with Gasteiger partial charge in [-0.3, -0.25) is 9.59 Å². The molecule has 2 aliphatic rings. The van der Waals surface area contributed by atoms with E-state index in [0.717, 1.165) is 31.2 Å². The van der Waals surface area contributed by atoms with Crippen LogP contribution in [0.25, 0.3) is 0 Å². The molecule has 34 heavy (non-hydrogen) atoms. The van der Waals surface area contributed by atoms with Crippen molar-refractivity contribution in [2.75, 3.05) is 14.2 Å². The lowest BCUT2D eigenvalue weighted by atomic mass is 9.73. The van der Waals surface area contributed by atoms with E-state index in [1.807, 2.05) is 13.0 Å². The number of benzene rings is 1. The molecule has 1 aromatic carbocycles. The number of aryl methyl sites for hydroxylation is 2. The summed E-state index contributed by atoms with van der Waals surface area (Å²) in [6.45, 7) is 1.91. The van der Waals surface area contributed by atoms with E-state index in [9.17, 15) is 9.59 Å². The molecule has 2 heterocycles. The Morgan fingerprint density at radius 1 is 1.15 bits per heavy atom. The number of ether oxygens (including phenoxy) is 3. The summed E-state index contributed by atoms with van der Waals surface area (Å²) in [5.74, 6) is 0.635. The van der Waals surface area contributed by atoms with Crippen LogP contribution in [-0.2, 0) is 33.6 Å². The third-order valence-corrected chi connectivity index (χ3v) is 7.42. The van der Waals surface area contributed by atoms with E-state index >= 15 is 0 Å². The number of hydrogen-bond donors (Lipinski definition) is 0. The molecule has 9 heteroatoms. The Bertz CT molecular complexity index is 1030. The first kappa shape index (κ1) is 24.5. The third kappa shape index (κ3) is 4.92. The molecular weight excluding hydrogens is 460 g/mol. The van der Waals surface area contributed by atoms with E-state index in [-0.39, 0.29) is 30.4 Å². The molecule has 184 valence electrons. The third-order valence-electron chi connectivity index (χ3n) is 7.13. The van der Waals surface area contributed by atoms with Crippen LogP contribution in [-0.4, -0.2) is 41.7 Å². The summed E-state index contributed by atoms with van der Waals surface area (Å²) >= 11 is 6.36. The Labute approximate surface area is 204 Å². The molecule has 4 rings (SSSR count). The number of halogens is 1. The second-order valence-corrected chi connectivity index (χ2v) is 9.53. The lowest BCUT2D eigenvalue weighted by Crippen LogP contribution is -2.52. The normalized spacial score (nSPS) is 23.2. The molecule has 2 fully saturated rings. The Morgan fingerprint density at radius 2 is 1.88 bits per heavy atom. The molecule has 1 saturated carbocycles. The molecule has 0 N–H and O–H groups in total. The standard InChI is InChI=1S/C25H31ClN2O6/c1-4-22-27-23(34-28-22)12-17-19(29)14-25(33-24(17)30,16-7-5-6-8-16)10-9-15-11-18(26)21(32-3)13-20(15)31-2/h11,13,16-17H,4-10,12,14H2,1-3H3. The van der Waals surface area contributed by atoms with Gasteiger partial charge in [-0.2, -0.15) is 4.98 Å². The quantitative estimate of drug-likeness (QED) is 0.373. The van der Waals surface area contributed by atoms with E-state index in [4.69, 9.17) is 30.3 Å². The number of carbonyl (C=O) groups is 2. The Hall–Kier alpha value is -2.61. The fraction of sp³-hybridized carbons (Fsp3) is 0.600. The van der Waals surface area contributed by atoms with Crippen molar-refractivity contribution >= 4 is 23.4 Å². The van der Waals surface area contributed by atoms with Crippen LogP contribution in [0, 0.1) is 11.8 Å². The summed E-state index contributed by atoms with van der Waals surface area (Å²) in [4.78, 5) is 30.7. The van der Waals surface area contributed by atoms with Crippen LogP contribution in [0.1, 0.15) is 62.7 Å². The van der Waals surface area contributed by atoms with Crippen molar-refractivity contribution in [3.05, 3.63) is 34.4 Å². The van der Waals surface area contributed by atoms with Gasteiger partial charge >= 0.3 is 5.97 Å². The van der Waals surface area contributed by atoms with Gasteiger partial charge in [0, 0.05) is 25.3 Å². The number of nitrogens with zero attached hydrogens (tertiary/aromatic N) is 2. The topological polar surface area (TPSA) is 101 Å². The zero-order valence-corrected chi connectivity index (χ0v) is 20.7. The molecule has 1 aliphatic carbocycles. The van der Waals surface area contributed by atoms with Crippen LogP contribution in [0.15, 0.2) is 16.7 Å². The van der Waals surface area contributed by atoms with Gasteiger partial charge in [0.1, 0.15) is 23.0 Å². The lowest BCUT2D eigenvalue weighted by Gasteiger charge is -2.43. The number of Topliss-reactive ketones (excluding diaryl/α,β-unsaturated/α-hetero) is 1. The zero-order valence-electron chi connectivity index (χ0n) is 19.9. The van der Waals surface area contributed by atoms with Gasteiger partial charge in [-0.15, -0.1) is 0 Å². The number of methoxy groups -OCH3 is 2. The SMILES string of the molecule is CCc1noc(CC2C(=O)CC(CCc3cc(Cl)c(OC)cc3OC)(C3CCCC3)OC2=O)n1. The van der Waals surface area contributed by atoms with Crippen LogP contribution < -0.4 is 9.47 Å². The first-order valence-electron chi connectivity index (χ1n) is 11.9. The lowest BCUT2D eigenvalue weighted by molar-refractivity contribution is -0.185. The summed E-state index contributed by atoms with van der Waals surface area (Å²) in [7, 11) is 3.14. The minimum atomic E-state index is -0.912. The Balaban J connectivity index is 1.55. The number of cyclic esters (lactones) is 1. The van der Waals surface area contributed by atoms with Gasteiger partial charge in [-0.25, -0.2) is 0 Å². The van der Waals surface area contributed by atoms with Crippen molar-refractivity contribution in [2.24, 2.45) is 11.8 Å². The molecule has 1 saturated heterocycles. The molecule has 8 nitrogen and oxygen atoms in total. The largest absolute Gasteiger partial charge is 0.496 e. The number of esters is 1. The molecule has 1 aromatic heterocycles. The van der Waals surface area contributed by atoms with Crippen LogP contribution in [0.2, 0.25) is 5.02 Å². The maximum absolute atomic E-state index is 13.3. The second kappa shape index (κ2) is 10.3. The molecule has 1 aliphatic heterocycles. The van der Waals surface area contributed by atoms with Crippen molar-refractivity contribution in [3.8, 4) is 11.5 Å². The molecule has 2 aromatic rings. The van der Waals surface area contributed by atoms with E-state index in [0.29, 0.717) is 41.6 Å². The van der Waals surface area contributed by atoms with E-state index in [1.54, 1.807) is 20.3 Å². The highest BCUT2D eigenvalue weighted by molar-refractivity contribution is 6.32. The van der Waals surface area contributed by atoms with Gasteiger partial charge in [0.15, 0.2) is 11.6 Å². The average molecular weight is 491 g/mol. The maximum Gasteiger partial charge on any atom is 0.317 e. The number of aromatic nitrogens is 2. The maximum atomic E-state index is 13.3. The Kier molecular flexibility index (Phi) is 7.45. The van der Waals surface area contributed by atoms with Crippen LogP contribution in [0.5, 0.6) is 11.5 Å². The van der Waals surface area contributed by atoms with Crippen molar-refractivity contribution in [2.45, 2.75) is 70.3 Å². The molecule has 0 radical (unpaired) electrons. The monoisotopic (exact) mass is 490 g/mol. The summed E-state index contributed by atoms with van der Waals surface area (Å²) in [6.07, 6.45) is 5.98. The predicted molar refractivity (Wildman–Crippen MR) is 124 cm³/mol. The molecule has 0 amide bonds. The second-order valence-electron chi connectivity index (χ2n) is 9.12. The van der Waals surface area contributed by atoms with Gasteiger partial charge in [0.2, 0.25) is 5.89 Å². The van der Waals surface area contributed by atoms with Crippen LogP contribution in [0.3, 0.4) is 0 Å². The molecular formula is C25H31ClN2O6. The predicted octanol–water partition coefficient (Wildman–Crippen LogP) is 4.54. The minimum Gasteiger partial charge on any atom is -0.496 e. The van der Waals surface area contributed by atoms with Crippen molar-refractivity contribution in [3.63, 3.8) is 0 Å². The highest BCUT2D eigenvalue weighted by Gasteiger charge is 2.51. The number of rotatable bonds is 9. The van der Waals surface area contributed by atoms with E-state index < -0.39 is 17.5 Å². The summed E-state index contributed by atoms with van der Waals surface area (Å²) in [5.41, 5.74) is 0.0522. The molecule has 0 spiro atoms. The van der Waals surface area contributed by atoms with Gasteiger partial charge in [-0.1, -0.05) is 36.5 Å². The van der Waals surface area contributed by atoms with Crippen LogP contribution in [0.4, 0.5) is 0 Å². The van der Waals surface area contributed by atoms with Gasteiger partial charge in [0.25, 0.3) is 0 Å². The zero-order chi connectivity index (χ0) is 24.3. The first-order chi connectivity index (χ1) is 16.4. The Morgan fingerprint density at radius 3 is 2.50 bits per heavy atom. The smallest absolute Gasteiger partial charge is 0.317 e. The fourth-order valence-electron chi connectivity index (χ4n) is 5.23. The average Bonchev–Trinajstić information content (AvgIpc) is 3.53. The molecule has 2 unspecified atom stereocenters. The van der Waals surface area contributed by atoms with E-state index in [2.05, 4.69) is 10.1 Å². The summed E-state index contributed by atoms with van der Waals surface area (Å²) < 4.78 is 22.2. The van der Waals surface area contributed by atoms with Gasteiger partial charge in [0.05, 0.1) is 19.2 Å². The number of hydrogen-bond acceptors (Lipinski definition) is 8. The number of carbonyl (C=O) groups excluding carboxylic acids is 2. The van der Waals surface area contributed by atoms with Crippen molar-refractivity contribution < 1.29 is 28.3 Å². The highest BCUT2D eigenvalue weighted by Crippen LogP contribution is 2.46. The van der Waals surface area contributed by atoms with E-state index in [1.165, 1.54) is 0 Å². The summed E-state index contributed by atoms with van der Waals surface area (Å²) in [5, 5.41) is 4.34. The minimum absolute atomic E-state index is 0.0767. The first-order valence-corrected chi connectivity index (χ1v) is 12.2. The van der Waals surface area contributed by atoms with Gasteiger partial charge < -0.3 is 18.7 Å². The fourth-order valence-corrected chi connectivity index (χ4v) is 5.50. The van der Waals surface area contributed by atoms with Gasteiger partial charge in [-0.05, 0) is 43.2 Å². The molecule has 2 atom stereocenters.